The van der Waals surface area contributed by atoms with Gasteiger partial charge < -0.3 is 14.9 Å². The number of hydrogen-bond donors (Lipinski definition) is 2. The Morgan fingerprint density at radius 1 is 1.33 bits per heavy atom. The summed E-state index contributed by atoms with van der Waals surface area (Å²) in [7, 11) is 0. The minimum atomic E-state index is -0.661. The molecule has 0 spiro atoms. The lowest BCUT2D eigenvalue weighted by Crippen LogP contribution is -2.24. The number of rotatable bonds is 7. The van der Waals surface area contributed by atoms with Crippen LogP contribution in [0.2, 0.25) is 0 Å². The van der Waals surface area contributed by atoms with E-state index < -0.39 is 5.97 Å². The SMILES string of the molecule is CC(C)Oc1ccc(CN2C[C@H](C(=O)O)[C@@H](C3CC3)C2)cc1CO. The van der Waals surface area contributed by atoms with Crippen molar-refractivity contribution in [1.82, 2.24) is 4.90 Å². The van der Waals surface area contributed by atoms with Crippen LogP contribution in [-0.4, -0.2) is 40.3 Å². The molecule has 0 aromatic heterocycles. The van der Waals surface area contributed by atoms with Gasteiger partial charge in [0.15, 0.2) is 0 Å². The van der Waals surface area contributed by atoms with Crippen LogP contribution in [0.25, 0.3) is 0 Å². The second kappa shape index (κ2) is 7.11. The van der Waals surface area contributed by atoms with Gasteiger partial charge in [0.1, 0.15) is 5.75 Å². The molecule has 1 aliphatic carbocycles. The van der Waals surface area contributed by atoms with E-state index in [0.717, 1.165) is 30.0 Å². The molecule has 1 saturated carbocycles. The highest BCUT2D eigenvalue weighted by Crippen LogP contribution is 2.44. The minimum Gasteiger partial charge on any atom is -0.491 e. The molecule has 2 fully saturated rings. The number of nitrogens with zero attached hydrogens (tertiary/aromatic N) is 1. The van der Waals surface area contributed by atoms with Crippen LogP contribution in [0, 0.1) is 17.8 Å². The van der Waals surface area contributed by atoms with E-state index >= 15 is 0 Å². The van der Waals surface area contributed by atoms with Gasteiger partial charge in [-0.1, -0.05) is 6.07 Å². The molecule has 0 bridgehead atoms. The summed E-state index contributed by atoms with van der Waals surface area (Å²) in [5, 5.41) is 19.1. The van der Waals surface area contributed by atoms with Gasteiger partial charge in [0.25, 0.3) is 0 Å². The Labute approximate surface area is 143 Å². The van der Waals surface area contributed by atoms with Crippen molar-refractivity contribution in [3.05, 3.63) is 29.3 Å². The van der Waals surface area contributed by atoms with Crippen molar-refractivity contribution in [2.24, 2.45) is 17.8 Å². The van der Waals surface area contributed by atoms with Crippen molar-refractivity contribution < 1.29 is 19.7 Å². The van der Waals surface area contributed by atoms with E-state index in [9.17, 15) is 15.0 Å². The van der Waals surface area contributed by atoms with E-state index in [1.54, 1.807) is 0 Å². The maximum absolute atomic E-state index is 11.5. The van der Waals surface area contributed by atoms with Gasteiger partial charge in [-0.25, -0.2) is 0 Å². The second-order valence-electron chi connectivity index (χ2n) is 7.41. The summed E-state index contributed by atoms with van der Waals surface area (Å²) in [4.78, 5) is 13.8. The van der Waals surface area contributed by atoms with E-state index in [0.29, 0.717) is 18.4 Å². The molecule has 0 radical (unpaired) electrons. The summed E-state index contributed by atoms with van der Waals surface area (Å²) in [5.41, 5.74) is 1.88. The summed E-state index contributed by atoms with van der Waals surface area (Å²) in [6.07, 6.45) is 2.42. The molecule has 1 aromatic carbocycles. The first-order chi connectivity index (χ1) is 11.5. The number of benzene rings is 1. The van der Waals surface area contributed by atoms with Gasteiger partial charge in [0.2, 0.25) is 0 Å². The Hall–Kier alpha value is -1.59. The van der Waals surface area contributed by atoms with Gasteiger partial charge in [-0.05, 0) is 56.2 Å². The van der Waals surface area contributed by atoms with Crippen LogP contribution >= 0.6 is 0 Å². The number of carboxylic acid groups (broad SMARTS) is 1. The summed E-state index contributed by atoms with van der Waals surface area (Å²) in [6.45, 7) is 6.07. The van der Waals surface area contributed by atoms with Crippen molar-refractivity contribution in [1.29, 1.82) is 0 Å². The number of hydrogen-bond acceptors (Lipinski definition) is 4. The molecule has 1 aromatic rings. The summed E-state index contributed by atoms with van der Waals surface area (Å²) < 4.78 is 5.72. The number of aliphatic hydroxyl groups excluding tert-OH is 1. The predicted molar refractivity (Wildman–Crippen MR) is 90.7 cm³/mol. The Kier molecular flexibility index (Phi) is 5.11. The molecule has 2 N–H and O–H groups in total. The molecule has 2 atom stereocenters. The van der Waals surface area contributed by atoms with Crippen LogP contribution in [0.4, 0.5) is 0 Å². The number of carbonyl (C=O) groups is 1. The van der Waals surface area contributed by atoms with Gasteiger partial charge in [-0.2, -0.15) is 0 Å². The lowest BCUT2D eigenvalue weighted by atomic mass is 9.92. The van der Waals surface area contributed by atoms with Crippen LogP contribution in [-0.2, 0) is 17.9 Å². The second-order valence-corrected chi connectivity index (χ2v) is 7.41. The molecule has 2 aliphatic rings. The molecule has 1 heterocycles. The molecule has 132 valence electrons. The highest BCUT2D eigenvalue weighted by Gasteiger charge is 2.45. The minimum absolute atomic E-state index is 0.0572. The molecular formula is C19H27NO4. The smallest absolute Gasteiger partial charge is 0.308 e. The number of aliphatic hydroxyl groups is 1. The first kappa shape index (κ1) is 17.2. The zero-order chi connectivity index (χ0) is 17.3. The molecule has 5 heteroatoms. The maximum atomic E-state index is 11.5. The fourth-order valence-corrected chi connectivity index (χ4v) is 3.79. The third-order valence-corrected chi connectivity index (χ3v) is 5.05. The Balaban J connectivity index is 1.68. The summed E-state index contributed by atoms with van der Waals surface area (Å²) >= 11 is 0. The Bertz CT molecular complexity index is 597. The van der Waals surface area contributed by atoms with Crippen LogP contribution < -0.4 is 4.74 Å². The van der Waals surface area contributed by atoms with Crippen molar-refractivity contribution in [3.63, 3.8) is 0 Å². The lowest BCUT2D eigenvalue weighted by molar-refractivity contribution is -0.142. The highest BCUT2D eigenvalue weighted by molar-refractivity contribution is 5.71. The zero-order valence-electron chi connectivity index (χ0n) is 14.4. The van der Waals surface area contributed by atoms with Gasteiger partial charge in [0, 0.05) is 25.2 Å². The van der Waals surface area contributed by atoms with Crippen LogP contribution in [0.5, 0.6) is 5.75 Å². The third kappa shape index (κ3) is 3.90. The fraction of sp³-hybridized carbons (Fsp3) is 0.632. The summed E-state index contributed by atoms with van der Waals surface area (Å²) in [5.74, 6) is 0.718. The molecular weight excluding hydrogens is 306 g/mol. The van der Waals surface area contributed by atoms with E-state index in [1.807, 2.05) is 32.0 Å². The lowest BCUT2D eigenvalue weighted by Gasteiger charge is -2.18. The normalized spacial score (nSPS) is 24.5. The first-order valence-electron chi connectivity index (χ1n) is 8.82. The largest absolute Gasteiger partial charge is 0.491 e. The Morgan fingerprint density at radius 2 is 2.08 bits per heavy atom. The predicted octanol–water partition coefficient (Wildman–Crippen LogP) is 2.51. The Morgan fingerprint density at radius 3 is 2.67 bits per heavy atom. The molecule has 1 saturated heterocycles. The molecule has 5 nitrogen and oxygen atoms in total. The van der Waals surface area contributed by atoms with Crippen molar-refractivity contribution >= 4 is 5.97 Å². The fourth-order valence-electron chi connectivity index (χ4n) is 3.79. The molecule has 0 unspecified atom stereocenters. The molecule has 3 rings (SSSR count). The average molecular weight is 333 g/mol. The molecule has 1 aliphatic heterocycles. The quantitative estimate of drug-likeness (QED) is 0.802. The monoisotopic (exact) mass is 333 g/mol. The van der Waals surface area contributed by atoms with Gasteiger partial charge in [-0.3, -0.25) is 9.69 Å². The number of aliphatic carboxylic acids is 1. The van der Waals surface area contributed by atoms with Crippen LogP contribution in [0.1, 0.15) is 37.8 Å². The average Bonchev–Trinajstić information content (AvgIpc) is 3.29. The summed E-state index contributed by atoms with van der Waals surface area (Å²) in [6, 6.07) is 5.89. The number of ether oxygens (including phenoxy) is 1. The van der Waals surface area contributed by atoms with Crippen LogP contribution in [0.3, 0.4) is 0 Å². The van der Waals surface area contributed by atoms with E-state index in [1.165, 1.54) is 12.8 Å². The van der Waals surface area contributed by atoms with E-state index in [4.69, 9.17) is 4.74 Å². The topological polar surface area (TPSA) is 70.0 Å². The zero-order valence-corrected chi connectivity index (χ0v) is 14.4. The third-order valence-electron chi connectivity index (χ3n) is 5.05. The van der Waals surface area contributed by atoms with E-state index in [2.05, 4.69) is 4.90 Å². The van der Waals surface area contributed by atoms with Crippen molar-refractivity contribution in [3.8, 4) is 5.75 Å². The molecule has 0 amide bonds. The van der Waals surface area contributed by atoms with Gasteiger partial charge in [-0.15, -0.1) is 0 Å². The van der Waals surface area contributed by atoms with Crippen LogP contribution in [0.15, 0.2) is 18.2 Å². The van der Waals surface area contributed by atoms with E-state index in [-0.39, 0.29) is 18.6 Å². The van der Waals surface area contributed by atoms with Gasteiger partial charge in [0.05, 0.1) is 18.6 Å². The van der Waals surface area contributed by atoms with Crippen molar-refractivity contribution in [2.75, 3.05) is 13.1 Å². The number of carboxylic acids is 1. The standard InChI is InChI=1S/C19H27NO4/c1-12(2)24-18-6-3-13(7-15(18)11-21)8-20-9-16(14-4-5-14)17(10-20)19(22)23/h3,6-7,12,14,16-17,21H,4-5,8-11H2,1-2H3,(H,22,23)/t16-,17+/m1/s1. The highest BCUT2D eigenvalue weighted by atomic mass is 16.5. The number of likely N-dealkylation sites (tertiary alicyclic amines) is 1. The molecule has 24 heavy (non-hydrogen) atoms. The first-order valence-corrected chi connectivity index (χ1v) is 8.82. The maximum Gasteiger partial charge on any atom is 0.308 e. The van der Waals surface area contributed by atoms with Crippen molar-refractivity contribution in [2.45, 2.75) is 45.9 Å². The van der Waals surface area contributed by atoms with Gasteiger partial charge >= 0.3 is 5.97 Å².